The molecule has 0 spiro atoms. The fourth-order valence-electron chi connectivity index (χ4n) is 5.78. The zero-order chi connectivity index (χ0) is 23.2. The monoisotopic (exact) mass is 447 g/mol. The van der Waals surface area contributed by atoms with Crippen LogP contribution in [0.1, 0.15) is 29.7 Å². The van der Waals surface area contributed by atoms with Crippen LogP contribution in [0.3, 0.4) is 0 Å². The smallest absolute Gasteiger partial charge is 0.260 e. The fourth-order valence-corrected chi connectivity index (χ4v) is 5.78. The zero-order valence-corrected chi connectivity index (χ0v) is 18.7. The van der Waals surface area contributed by atoms with Crippen molar-refractivity contribution in [2.75, 3.05) is 31.6 Å². The molecule has 0 aliphatic carbocycles. The molecule has 2 bridgehead atoms. The number of aliphatic hydroxyl groups is 2. The summed E-state index contributed by atoms with van der Waals surface area (Å²) in [6.07, 6.45) is 6.37. The summed E-state index contributed by atoms with van der Waals surface area (Å²) in [6, 6.07) is 13.1. The first-order valence-electron chi connectivity index (χ1n) is 11.5. The molecule has 5 heterocycles. The number of nitrogens with zero attached hydrogens (tertiary/aromatic N) is 3. The molecule has 0 saturated carbocycles. The first-order valence-corrected chi connectivity index (χ1v) is 11.5. The molecule has 0 radical (unpaired) electrons. The van der Waals surface area contributed by atoms with E-state index in [1.807, 2.05) is 36.4 Å². The van der Waals surface area contributed by atoms with Crippen molar-refractivity contribution >= 4 is 11.7 Å². The number of amides is 1. The molecule has 2 aromatic rings. The van der Waals surface area contributed by atoms with Gasteiger partial charge in [0.2, 0.25) is 0 Å². The molecule has 1 aromatic heterocycles. The Balaban J connectivity index is 1.60. The maximum absolute atomic E-state index is 12.8. The maximum atomic E-state index is 12.8. The van der Waals surface area contributed by atoms with Gasteiger partial charge in [-0.2, -0.15) is 0 Å². The normalized spacial score (nSPS) is 33.3. The number of aromatic nitrogens is 1. The van der Waals surface area contributed by atoms with Gasteiger partial charge in [-0.05, 0) is 43.5 Å². The van der Waals surface area contributed by atoms with Crippen LogP contribution in [-0.2, 0) is 21.6 Å². The van der Waals surface area contributed by atoms with Crippen LogP contribution in [0.4, 0.5) is 5.82 Å². The average Bonchev–Trinajstić information content (AvgIpc) is 3.13. The highest BCUT2D eigenvalue weighted by molar-refractivity contribution is 5.98. The maximum Gasteiger partial charge on any atom is 0.260 e. The summed E-state index contributed by atoms with van der Waals surface area (Å²) in [4.78, 5) is 21.3. The van der Waals surface area contributed by atoms with Crippen molar-refractivity contribution in [3.05, 3.63) is 59.3 Å². The Kier molecular flexibility index (Phi) is 5.71. The number of carbonyl (C=O) groups is 1. The van der Waals surface area contributed by atoms with Gasteiger partial charge in [-0.1, -0.05) is 42.3 Å². The molecule has 4 saturated heterocycles. The predicted molar refractivity (Wildman–Crippen MR) is 123 cm³/mol. The quantitative estimate of drug-likeness (QED) is 0.673. The molecular weight excluding hydrogens is 418 g/mol. The van der Waals surface area contributed by atoms with Crippen LogP contribution < -0.4 is 4.90 Å². The topological polar surface area (TPSA) is 86.1 Å². The summed E-state index contributed by atoms with van der Waals surface area (Å²) in [5, 5.41) is 22.4. The minimum absolute atomic E-state index is 0.0545. The first-order chi connectivity index (χ1) is 16.0. The van der Waals surface area contributed by atoms with Gasteiger partial charge in [-0.3, -0.25) is 14.6 Å². The number of carbonyl (C=O) groups excluding carboxylic acids is 1. The molecule has 172 valence electrons. The lowest BCUT2D eigenvalue weighted by atomic mass is 9.66. The van der Waals surface area contributed by atoms with Crippen molar-refractivity contribution in [3.8, 4) is 12.3 Å². The van der Waals surface area contributed by atoms with E-state index in [2.05, 4.69) is 10.8 Å². The van der Waals surface area contributed by atoms with E-state index in [1.54, 1.807) is 6.07 Å². The van der Waals surface area contributed by atoms with Crippen molar-refractivity contribution in [1.82, 2.24) is 9.88 Å². The summed E-state index contributed by atoms with van der Waals surface area (Å²) < 4.78 is 5.17. The van der Waals surface area contributed by atoms with Crippen LogP contribution in [0, 0.1) is 18.3 Å². The standard InChI is InChI=1S/C26H29N3O4/c1-3-22-26(32,18-11-13-28(22)14-12-18)19-9-10-23(29-16-21(30)24(33-2)25(29)31)27-20(19)15-17-7-5-4-6-8-17/h1,4-10,18,21-22,24,30,32H,11-16H2,2H3/t21-,22?,24-,26-/m1/s1. The second-order valence-corrected chi connectivity index (χ2v) is 9.20. The van der Waals surface area contributed by atoms with Gasteiger partial charge in [0.1, 0.15) is 23.6 Å². The second-order valence-electron chi connectivity index (χ2n) is 9.20. The van der Waals surface area contributed by atoms with E-state index in [0.717, 1.165) is 37.1 Å². The number of benzene rings is 1. The number of fused-ring (bicyclic) bond motifs is 3. The lowest BCUT2D eigenvalue weighted by molar-refractivity contribution is -0.143. The third-order valence-corrected chi connectivity index (χ3v) is 7.46. The minimum Gasteiger partial charge on any atom is -0.388 e. The van der Waals surface area contributed by atoms with E-state index in [4.69, 9.17) is 16.1 Å². The highest BCUT2D eigenvalue weighted by atomic mass is 16.5. The average molecular weight is 448 g/mol. The van der Waals surface area contributed by atoms with Gasteiger partial charge < -0.3 is 14.9 Å². The van der Waals surface area contributed by atoms with E-state index in [0.29, 0.717) is 17.9 Å². The number of aliphatic hydroxyl groups excluding tert-OH is 1. The van der Waals surface area contributed by atoms with Gasteiger partial charge >= 0.3 is 0 Å². The highest BCUT2D eigenvalue weighted by Crippen LogP contribution is 2.48. The van der Waals surface area contributed by atoms with Crippen molar-refractivity contribution in [1.29, 1.82) is 0 Å². The lowest BCUT2D eigenvalue weighted by Crippen LogP contribution is -2.63. The lowest BCUT2D eigenvalue weighted by Gasteiger charge is -2.54. The first kappa shape index (κ1) is 22.1. The van der Waals surface area contributed by atoms with E-state index in [9.17, 15) is 15.0 Å². The molecular formula is C26H29N3O4. The molecule has 4 fully saturated rings. The Morgan fingerprint density at radius 2 is 1.94 bits per heavy atom. The molecule has 1 unspecified atom stereocenters. The van der Waals surface area contributed by atoms with Crippen molar-refractivity contribution in [2.45, 2.75) is 43.1 Å². The molecule has 6 rings (SSSR count). The fraction of sp³-hybridized carbons (Fsp3) is 0.462. The number of anilines is 1. The van der Waals surface area contributed by atoms with Gasteiger partial charge in [0, 0.05) is 19.1 Å². The van der Waals surface area contributed by atoms with Crippen molar-refractivity contribution in [2.24, 2.45) is 5.92 Å². The number of hydrogen-bond donors (Lipinski definition) is 2. The molecule has 4 atom stereocenters. The molecule has 4 aliphatic heterocycles. The Morgan fingerprint density at radius 3 is 2.58 bits per heavy atom. The number of ether oxygens (including phenoxy) is 1. The van der Waals surface area contributed by atoms with Crippen LogP contribution in [0.25, 0.3) is 0 Å². The van der Waals surface area contributed by atoms with E-state index >= 15 is 0 Å². The second kappa shape index (κ2) is 8.54. The minimum atomic E-state index is -1.20. The number of piperidine rings is 3. The van der Waals surface area contributed by atoms with Gasteiger partial charge in [-0.25, -0.2) is 4.98 Å². The largest absolute Gasteiger partial charge is 0.388 e. The number of methoxy groups -OCH3 is 1. The predicted octanol–water partition coefficient (Wildman–Crippen LogP) is 1.31. The number of pyridine rings is 1. The Hall–Kier alpha value is -2.76. The molecule has 7 nitrogen and oxygen atoms in total. The summed E-state index contributed by atoms with van der Waals surface area (Å²) in [6.45, 7) is 1.89. The molecule has 2 N–H and O–H groups in total. The molecule has 1 aromatic carbocycles. The van der Waals surface area contributed by atoms with E-state index in [-0.39, 0.29) is 18.4 Å². The number of terminal acetylenes is 1. The van der Waals surface area contributed by atoms with Gasteiger partial charge in [0.15, 0.2) is 6.10 Å². The number of hydrogen-bond acceptors (Lipinski definition) is 6. The van der Waals surface area contributed by atoms with E-state index in [1.165, 1.54) is 12.0 Å². The van der Waals surface area contributed by atoms with Crippen LogP contribution in [-0.4, -0.2) is 71.0 Å². The van der Waals surface area contributed by atoms with Crippen LogP contribution in [0.2, 0.25) is 0 Å². The van der Waals surface area contributed by atoms with Gasteiger partial charge in [-0.15, -0.1) is 6.42 Å². The summed E-state index contributed by atoms with van der Waals surface area (Å²) >= 11 is 0. The van der Waals surface area contributed by atoms with Gasteiger partial charge in [0.25, 0.3) is 5.91 Å². The van der Waals surface area contributed by atoms with Gasteiger partial charge in [0.05, 0.1) is 12.2 Å². The zero-order valence-electron chi connectivity index (χ0n) is 18.7. The highest BCUT2D eigenvalue weighted by Gasteiger charge is 2.54. The third kappa shape index (κ3) is 3.54. The molecule has 7 heteroatoms. The Bertz CT molecular complexity index is 1080. The third-order valence-electron chi connectivity index (χ3n) is 7.46. The van der Waals surface area contributed by atoms with Crippen LogP contribution in [0.15, 0.2) is 42.5 Å². The van der Waals surface area contributed by atoms with Crippen LogP contribution >= 0.6 is 0 Å². The molecule has 1 amide bonds. The number of rotatable bonds is 5. The summed E-state index contributed by atoms with van der Waals surface area (Å²) in [5.74, 6) is 3.02. The van der Waals surface area contributed by atoms with Crippen LogP contribution in [0.5, 0.6) is 0 Å². The van der Waals surface area contributed by atoms with Crippen molar-refractivity contribution in [3.63, 3.8) is 0 Å². The molecule has 33 heavy (non-hydrogen) atoms. The van der Waals surface area contributed by atoms with Crippen molar-refractivity contribution < 1.29 is 19.7 Å². The van der Waals surface area contributed by atoms with E-state index < -0.39 is 23.9 Å². The Morgan fingerprint density at radius 1 is 1.21 bits per heavy atom. The number of β-amino-alcohol motifs (C(OH)–C–C–N with tert-alkyl or cyclic N) is 1. The Labute approximate surface area is 194 Å². The SMILES string of the molecule is C#CC1N2CCC(CC2)[C@@]1(O)c1ccc(N2C[C@@H](O)[C@@H](OC)C2=O)nc1Cc1ccccc1. The molecule has 4 aliphatic rings. The summed E-state index contributed by atoms with van der Waals surface area (Å²) in [7, 11) is 1.41. The summed E-state index contributed by atoms with van der Waals surface area (Å²) in [5.41, 5.74) is 1.26.